The lowest BCUT2D eigenvalue weighted by molar-refractivity contribution is -0.0589. The fourth-order valence-corrected chi connectivity index (χ4v) is 3.71. The Kier molecular flexibility index (Phi) is 4.85. The van der Waals surface area contributed by atoms with Crippen LogP contribution >= 0.6 is 11.6 Å². The number of hydrogen-bond acceptors (Lipinski definition) is 4. The van der Waals surface area contributed by atoms with Crippen molar-refractivity contribution in [2.75, 3.05) is 33.0 Å². The number of aromatic amines is 1. The van der Waals surface area contributed by atoms with Crippen LogP contribution < -0.4 is 0 Å². The first kappa shape index (κ1) is 16.1. The highest BCUT2D eigenvalue weighted by Gasteiger charge is 2.33. The average molecular weight is 348 g/mol. The van der Waals surface area contributed by atoms with Gasteiger partial charge in [-0.3, -0.25) is 4.90 Å². The van der Waals surface area contributed by atoms with Gasteiger partial charge in [0.2, 0.25) is 0 Å². The summed E-state index contributed by atoms with van der Waals surface area (Å²) in [6.07, 6.45) is 4.07. The minimum atomic E-state index is 0.183. The number of nitrogens with one attached hydrogen (secondary N) is 1. The second kappa shape index (κ2) is 7.23. The molecule has 5 nitrogen and oxygen atoms in total. The topological polar surface area (TPSA) is 50.4 Å². The Labute approximate surface area is 146 Å². The molecule has 2 fully saturated rings. The normalized spacial score (nSPS) is 23.5. The first-order chi connectivity index (χ1) is 11.8. The van der Waals surface area contributed by atoms with Gasteiger partial charge in [-0.15, -0.1) is 0 Å². The van der Waals surface area contributed by atoms with Crippen LogP contribution in [0.2, 0.25) is 5.02 Å². The molecule has 24 heavy (non-hydrogen) atoms. The number of nitrogens with zero attached hydrogens (tertiary/aromatic N) is 2. The molecule has 0 amide bonds. The summed E-state index contributed by atoms with van der Waals surface area (Å²) in [5.74, 6) is 0.978. The van der Waals surface area contributed by atoms with Gasteiger partial charge in [0.1, 0.15) is 5.82 Å². The summed E-state index contributed by atoms with van der Waals surface area (Å²) >= 11 is 5.97. The van der Waals surface area contributed by atoms with E-state index in [9.17, 15) is 0 Å². The predicted molar refractivity (Wildman–Crippen MR) is 93.1 cm³/mol. The zero-order valence-corrected chi connectivity index (χ0v) is 14.3. The van der Waals surface area contributed by atoms with E-state index >= 15 is 0 Å². The number of morpholine rings is 1. The molecule has 1 aromatic carbocycles. The quantitative estimate of drug-likeness (QED) is 0.925. The molecule has 2 aliphatic heterocycles. The van der Waals surface area contributed by atoms with Crippen LogP contribution in [-0.4, -0.2) is 53.9 Å². The standard InChI is InChI=1S/C18H22ClN3O2/c19-14-3-1-13(2-4-14)16-11-20-18(21-16)17-12-24-10-7-22(17)15-5-8-23-9-6-15/h1-4,11,15,17H,5-10,12H2,(H,20,21). The third-order valence-corrected chi connectivity index (χ3v) is 5.15. The van der Waals surface area contributed by atoms with E-state index in [0.717, 1.165) is 61.3 Å². The summed E-state index contributed by atoms with van der Waals surface area (Å²) in [6, 6.07) is 8.55. The van der Waals surface area contributed by atoms with Crippen LogP contribution in [0.25, 0.3) is 11.3 Å². The first-order valence-corrected chi connectivity index (χ1v) is 8.91. The lowest BCUT2D eigenvalue weighted by Gasteiger charge is -2.41. The third kappa shape index (κ3) is 3.35. The Morgan fingerprint density at radius 1 is 1.08 bits per heavy atom. The Bertz CT molecular complexity index is 667. The molecule has 2 saturated heterocycles. The fourth-order valence-electron chi connectivity index (χ4n) is 3.59. The van der Waals surface area contributed by atoms with Gasteiger partial charge in [-0.25, -0.2) is 4.98 Å². The molecule has 1 N–H and O–H groups in total. The molecule has 0 spiro atoms. The van der Waals surface area contributed by atoms with Crippen LogP contribution in [0.3, 0.4) is 0 Å². The van der Waals surface area contributed by atoms with Crippen molar-refractivity contribution in [2.45, 2.75) is 24.9 Å². The zero-order valence-electron chi connectivity index (χ0n) is 13.6. The summed E-state index contributed by atoms with van der Waals surface area (Å²) in [5, 5.41) is 0.741. The van der Waals surface area contributed by atoms with Gasteiger partial charge in [0.15, 0.2) is 0 Å². The van der Waals surface area contributed by atoms with E-state index in [4.69, 9.17) is 21.1 Å². The smallest absolute Gasteiger partial charge is 0.126 e. The molecule has 1 aromatic heterocycles. The Morgan fingerprint density at radius 2 is 1.88 bits per heavy atom. The van der Waals surface area contributed by atoms with Crippen molar-refractivity contribution in [2.24, 2.45) is 0 Å². The predicted octanol–water partition coefficient (Wildman–Crippen LogP) is 3.28. The number of rotatable bonds is 3. The highest BCUT2D eigenvalue weighted by molar-refractivity contribution is 6.30. The van der Waals surface area contributed by atoms with Gasteiger partial charge in [0, 0.05) is 30.8 Å². The lowest BCUT2D eigenvalue weighted by Crippen LogP contribution is -2.48. The third-order valence-electron chi connectivity index (χ3n) is 4.90. The van der Waals surface area contributed by atoms with E-state index < -0.39 is 0 Å². The van der Waals surface area contributed by atoms with Crippen LogP contribution in [0.5, 0.6) is 0 Å². The summed E-state index contributed by atoms with van der Waals surface area (Å²) in [4.78, 5) is 10.7. The van der Waals surface area contributed by atoms with Gasteiger partial charge >= 0.3 is 0 Å². The SMILES string of the molecule is Clc1ccc(-c2cnc(C3COCCN3C3CCOCC3)[nH]2)cc1. The number of aromatic nitrogens is 2. The van der Waals surface area contributed by atoms with E-state index in [0.29, 0.717) is 12.6 Å². The summed E-state index contributed by atoms with van der Waals surface area (Å²) in [6.45, 7) is 4.13. The molecule has 4 rings (SSSR count). The molecule has 2 aliphatic rings. The number of imidazole rings is 1. The van der Waals surface area contributed by atoms with Gasteiger partial charge < -0.3 is 14.5 Å². The summed E-state index contributed by atoms with van der Waals surface area (Å²) in [5.41, 5.74) is 2.10. The lowest BCUT2D eigenvalue weighted by atomic mass is 10.0. The van der Waals surface area contributed by atoms with Crippen molar-refractivity contribution in [1.82, 2.24) is 14.9 Å². The van der Waals surface area contributed by atoms with Crippen LogP contribution in [0.4, 0.5) is 0 Å². The van der Waals surface area contributed by atoms with Crippen molar-refractivity contribution < 1.29 is 9.47 Å². The maximum atomic E-state index is 5.97. The van der Waals surface area contributed by atoms with E-state index in [1.54, 1.807) is 0 Å². The molecule has 1 atom stereocenters. The highest BCUT2D eigenvalue weighted by atomic mass is 35.5. The Balaban J connectivity index is 1.56. The molecule has 3 heterocycles. The van der Waals surface area contributed by atoms with Gasteiger partial charge in [0.05, 0.1) is 31.1 Å². The molecule has 128 valence electrons. The molecular weight excluding hydrogens is 326 g/mol. The van der Waals surface area contributed by atoms with Crippen LogP contribution in [-0.2, 0) is 9.47 Å². The largest absolute Gasteiger partial charge is 0.381 e. The number of hydrogen-bond donors (Lipinski definition) is 1. The van der Waals surface area contributed by atoms with Gasteiger partial charge in [0.25, 0.3) is 0 Å². The van der Waals surface area contributed by atoms with Crippen molar-refractivity contribution >= 4 is 11.6 Å². The van der Waals surface area contributed by atoms with Crippen molar-refractivity contribution in [3.63, 3.8) is 0 Å². The summed E-state index contributed by atoms with van der Waals surface area (Å²) < 4.78 is 11.2. The average Bonchev–Trinajstić information content (AvgIpc) is 3.13. The van der Waals surface area contributed by atoms with Crippen molar-refractivity contribution in [3.8, 4) is 11.3 Å². The fraction of sp³-hybridized carbons (Fsp3) is 0.500. The van der Waals surface area contributed by atoms with Gasteiger partial charge in [-0.2, -0.15) is 0 Å². The second-order valence-electron chi connectivity index (χ2n) is 6.36. The molecule has 0 aliphatic carbocycles. The molecular formula is C18H22ClN3O2. The van der Waals surface area contributed by atoms with Crippen LogP contribution in [0, 0.1) is 0 Å². The van der Waals surface area contributed by atoms with E-state index in [-0.39, 0.29) is 6.04 Å². The minimum Gasteiger partial charge on any atom is -0.381 e. The zero-order chi connectivity index (χ0) is 16.4. The molecule has 1 unspecified atom stereocenters. The number of H-pyrrole nitrogens is 1. The molecule has 6 heteroatoms. The second-order valence-corrected chi connectivity index (χ2v) is 6.80. The van der Waals surface area contributed by atoms with Crippen LogP contribution in [0.1, 0.15) is 24.7 Å². The van der Waals surface area contributed by atoms with Crippen molar-refractivity contribution in [3.05, 3.63) is 41.3 Å². The monoisotopic (exact) mass is 347 g/mol. The van der Waals surface area contributed by atoms with Gasteiger partial charge in [-0.05, 0) is 30.5 Å². The maximum Gasteiger partial charge on any atom is 0.126 e. The number of benzene rings is 1. The maximum absolute atomic E-state index is 5.97. The molecule has 0 bridgehead atoms. The Hall–Kier alpha value is -1.40. The molecule has 2 aromatic rings. The summed E-state index contributed by atoms with van der Waals surface area (Å²) in [7, 11) is 0. The van der Waals surface area contributed by atoms with E-state index in [1.165, 1.54) is 0 Å². The Morgan fingerprint density at radius 3 is 2.67 bits per heavy atom. The molecule has 0 radical (unpaired) electrons. The number of ether oxygens (including phenoxy) is 2. The van der Waals surface area contributed by atoms with Crippen molar-refractivity contribution in [1.29, 1.82) is 0 Å². The van der Waals surface area contributed by atoms with Crippen LogP contribution in [0.15, 0.2) is 30.5 Å². The molecule has 0 saturated carbocycles. The van der Waals surface area contributed by atoms with E-state index in [1.807, 2.05) is 30.5 Å². The number of halogens is 1. The van der Waals surface area contributed by atoms with E-state index in [2.05, 4.69) is 14.9 Å². The highest BCUT2D eigenvalue weighted by Crippen LogP contribution is 2.29. The first-order valence-electron chi connectivity index (χ1n) is 8.53. The van der Waals surface area contributed by atoms with Gasteiger partial charge in [-0.1, -0.05) is 23.7 Å². The minimum absolute atomic E-state index is 0.183.